The van der Waals surface area contributed by atoms with Crippen LogP contribution in [-0.2, 0) is 7.05 Å². The van der Waals surface area contributed by atoms with Gasteiger partial charge in [0.2, 0.25) is 11.4 Å². The summed E-state index contributed by atoms with van der Waals surface area (Å²) in [6, 6.07) is 3.47. The van der Waals surface area contributed by atoms with Crippen molar-refractivity contribution in [2.24, 2.45) is 7.05 Å². The lowest BCUT2D eigenvalue weighted by Crippen LogP contribution is -2.36. The third kappa shape index (κ3) is 1.49. The minimum absolute atomic E-state index is 0.000694. The Bertz CT molecular complexity index is 855. The van der Waals surface area contributed by atoms with E-state index < -0.39 is 5.75 Å². The predicted molar refractivity (Wildman–Crippen MR) is 68.7 cm³/mol. The van der Waals surface area contributed by atoms with E-state index in [0.29, 0.717) is 0 Å². The van der Waals surface area contributed by atoms with Crippen molar-refractivity contribution in [3.05, 3.63) is 29.3 Å². The van der Waals surface area contributed by atoms with Gasteiger partial charge in [-0.2, -0.15) is 15.1 Å². The highest BCUT2D eigenvalue weighted by Crippen LogP contribution is 2.48. The fourth-order valence-corrected chi connectivity index (χ4v) is 2.63. The third-order valence-electron chi connectivity index (χ3n) is 3.55. The number of benzene rings is 1. The summed E-state index contributed by atoms with van der Waals surface area (Å²) in [6.45, 7) is 1.79. The van der Waals surface area contributed by atoms with Gasteiger partial charge >= 0.3 is 5.82 Å². The van der Waals surface area contributed by atoms with Gasteiger partial charge in [0.1, 0.15) is 35.7 Å². The van der Waals surface area contributed by atoms with Crippen molar-refractivity contribution in [3.63, 3.8) is 0 Å². The molecule has 2 heterocycles. The molecule has 0 saturated carbocycles. The number of ether oxygens (including phenoxy) is 1. The minimum atomic E-state index is -0.435. The Morgan fingerprint density at radius 2 is 1.86 bits per heavy atom. The van der Waals surface area contributed by atoms with Crippen molar-refractivity contribution in [1.29, 1.82) is 10.5 Å². The SMILES string of the molecule is CC1Oc2c(O)c(C#N)c(C#N)c(O)c2-n2cc[n+](C)c21. The van der Waals surface area contributed by atoms with E-state index in [4.69, 9.17) is 15.3 Å². The Hall–Kier alpha value is -3.19. The van der Waals surface area contributed by atoms with Crippen LogP contribution in [0.2, 0.25) is 0 Å². The molecule has 1 aliphatic rings. The van der Waals surface area contributed by atoms with E-state index in [9.17, 15) is 10.2 Å². The maximum atomic E-state index is 10.3. The zero-order valence-corrected chi connectivity index (χ0v) is 11.3. The van der Waals surface area contributed by atoms with Crippen molar-refractivity contribution < 1.29 is 19.5 Å². The number of hydrogen-bond donors (Lipinski definition) is 2. The standard InChI is InChI=1S/C14H10N4O3/c1-7-14-17(2)3-4-18(14)10-11(19)8(5-15)9(6-16)12(20)13(10)21-7/h3-4,7H,1-2H3,(H-,19,20)/p+1. The molecule has 2 N–H and O–H groups in total. The topological polar surface area (TPSA) is 106 Å². The third-order valence-corrected chi connectivity index (χ3v) is 3.55. The van der Waals surface area contributed by atoms with Crippen LogP contribution in [0, 0.1) is 22.7 Å². The number of phenols is 2. The van der Waals surface area contributed by atoms with Gasteiger partial charge in [-0.1, -0.05) is 0 Å². The first kappa shape index (κ1) is 12.8. The lowest BCUT2D eigenvalue weighted by molar-refractivity contribution is -0.682. The number of aryl methyl sites for hydroxylation is 1. The highest BCUT2D eigenvalue weighted by Gasteiger charge is 2.39. The molecule has 1 aromatic heterocycles. The molecule has 104 valence electrons. The number of fused-ring (bicyclic) bond motifs is 3. The molecule has 7 nitrogen and oxygen atoms in total. The summed E-state index contributed by atoms with van der Waals surface area (Å²) in [5, 5.41) is 38.7. The van der Waals surface area contributed by atoms with E-state index in [0.717, 1.165) is 5.82 Å². The van der Waals surface area contributed by atoms with Gasteiger partial charge in [-0.3, -0.25) is 0 Å². The average Bonchev–Trinajstić information content (AvgIpc) is 2.85. The molecule has 21 heavy (non-hydrogen) atoms. The molecule has 2 aromatic rings. The zero-order valence-electron chi connectivity index (χ0n) is 11.3. The summed E-state index contributed by atoms with van der Waals surface area (Å²) in [7, 11) is 1.82. The molecule has 0 spiro atoms. The minimum Gasteiger partial charge on any atom is -0.503 e. The number of nitrogens with zero attached hydrogens (tertiary/aromatic N) is 4. The van der Waals surface area contributed by atoms with Crippen LogP contribution in [-0.4, -0.2) is 14.8 Å². The molecular formula is C14H11N4O3+. The maximum absolute atomic E-state index is 10.3. The molecule has 0 fully saturated rings. The fourth-order valence-electron chi connectivity index (χ4n) is 2.63. The molecule has 0 bridgehead atoms. The van der Waals surface area contributed by atoms with Gasteiger partial charge in [0, 0.05) is 0 Å². The largest absolute Gasteiger partial charge is 0.503 e. The van der Waals surface area contributed by atoms with Gasteiger partial charge in [-0.25, -0.2) is 4.57 Å². The van der Waals surface area contributed by atoms with Crippen molar-refractivity contribution in [1.82, 2.24) is 4.57 Å². The first-order valence-electron chi connectivity index (χ1n) is 6.17. The summed E-state index contributed by atoms with van der Waals surface area (Å²) in [4.78, 5) is 0. The molecule has 0 saturated heterocycles. The molecule has 0 radical (unpaired) electrons. The number of phenolic OH excluding ortho intramolecular Hbond substituents is 2. The maximum Gasteiger partial charge on any atom is 0.303 e. The quantitative estimate of drug-likeness (QED) is 0.552. The van der Waals surface area contributed by atoms with Gasteiger partial charge in [0.25, 0.3) is 0 Å². The summed E-state index contributed by atoms with van der Waals surface area (Å²) < 4.78 is 9.09. The first-order chi connectivity index (χ1) is 10.0. The van der Waals surface area contributed by atoms with E-state index in [2.05, 4.69) is 0 Å². The Morgan fingerprint density at radius 1 is 1.24 bits per heavy atom. The van der Waals surface area contributed by atoms with E-state index in [1.54, 1.807) is 36.0 Å². The van der Waals surface area contributed by atoms with Crippen molar-refractivity contribution >= 4 is 0 Å². The normalized spacial score (nSPS) is 15.3. The lowest BCUT2D eigenvalue weighted by atomic mass is 10.0. The molecule has 1 aromatic carbocycles. The van der Waals surface area contributed by atoms with E-state index in [1.165, 1.54) is 0 Å². The highest BCUT2D eigenvalue weighted by molar-refractivity contribution is 5.75. The van der Waals surface area contributed by atoms with Crippen molar-refractivity contribution in [2.45, 2.75) is 13.0 Å². The smallest absolute Gasteiger partial charge is 0.303 e. The summed E-state index contributed by atoms with van der Waals surface area (Å²) in [6.07, 6.45) is 3.08. The molecule has 7 heteroatoms. The van der Waals surface area contributed by atoms with E-state index in [1.807, 2.05) is 11.6 Å². The second-order valence-electron chi connectivity index (χ2n) is 4.75. The number of nitriles is 2. The zero-order chi connectivity index (χ0) is 15.3. The molecule has 3 rings (SSSR count). The average molecular weight is 283 g/mol. The van der Waals surface area contributed by atoms with Crippen LogP contribution >= 0.6 is 0 Å². The summed E-state index contributed by atoms with van der Waals surface area (Å²) >= 11 is 0. The molecular weight excluding hydrogens is 272 g/mol. The van der Waals surface area contributed by atoms with E-state index in [-0.39, 0.29) is 34.4 Å². The number of imidazole rings is 1. The van der Waals surface area contributed by atoms with Gasteiger partial charge < -0.3 is 14.9 Å². The first-order valence-corrected chi connectivity index (χ1v) is 6.17. The van der Waals surface area contributed by atoms with Crippen LogP contribution in [0.4, 0.5) is 0 Å². The van der Waals surface area contributed by atoms with Gasteiger partial charge in [-0.05, 0) is 6.92 Å². The summed E-state index contributed by atoms with van der Waals surface area (Å²) in [5.74, 6) is -0.0769. The van der Waals surface area contributed by atoms with Gasteiger partial charge in [0.15, 0.2) is 17.6 Å². The highest BCUT2D eigenvalue weighted by atomic mass is 16.5. The monoisotopic (exact) mass is 283 g/mol. The summed E-state index contributed by atoms with van der Waals surface area (Å²) in [5.41, 5.74) is -0.396. The second-order valence-corrected chi connectivity index (χ2v) is 4.75. The Balaban J connectivity index is 2.47. The number of rotatable bonds is 0. The Morgan fingerprint density at radius 3 is 2.48 bits per heavy atom. The lowest BCUT2D eigenvalue weighted by Gasteiger charge is -2.22. The molecule has 1 aliphatic heterocycles. The molecule has 1 unspecified atom stereocenters. The van der Waals surface area contributed by atoms with Crippen LogP contribution in [0.5, 0.6) is 17.2 Å². The Kier molecular flexibility index (Phi) is 2.54. The number of aromatic hydroxyl groups is 2. The number of hydrogen-bond acceptors (Lipinski definition) is 5. The van der Waals surface area contributed by atoms with Crippen molar-refractivity contribution in [2.75, 3.05) is 0 Å². The second kappa shape index (κ2) is 4.15. The van der Waals surface area contributed by atoms with Gasteiger partial charge in [-0.15, -0.1) is 0 Å². The van der Waals surface area contributed by atoms with Crippen LogP contribution < -0.4 is 9.30 Å². The van der Waals surface area contributed by atoms with Crippen LogP contribution in [0.3, 0.4) is 0 Å². The number of aromatic nitrogens is 2. The molecule has 0 aliphatic carbocycles. The molecule has 1 atom stereocenters. The van der Waals surface area contributed by atoms with E-state index >= 15 is 0 Å². The molecule has 0 amide bonds. The fraction of sp³-hybridized carbons (Fsp3) is 0.214. The predicted octanol–water partition coefficient (Wildman–Crippen LogP) is 0.910. The van der Waals surface area contributed by atoms with Crippen LogP contribution in [0.25, 0.3) is 5.69 Å². The van der Waals surface area contributed by atoms with Crippen LogP contribution in [0.1, 0.15) is 30.0 Å². The van der Waals surface area contributed by atoms with Crippen molar-refractivity contribution in [3.8, 4) is 35.1 Å². The van der Waals surface area contributed by atoms with Gasteiger partial charge in [0.05, 0.1) is 7.05 Å². The Labute approximate surface area is 120 Å². The van der Waals surface area contributed by atoms with Crippen LogP contribution in [0.15, 0.2) is 12.4 Å².